The van der Waals surface area contributed by atoms with E-state index in [-0.39, 0.29) is 24.5 Å². The van der Waals surface area contributed by atoms with Crippen LogP contribution in [0.25, 0.3) is 0 Å². The van der Waals surface area contributed by atoms with E-state index in [1.807, 2.05) is 23.1 Å². The number of nitrogens with one attached hydrogen (secondary N) is 1. The van der Waals surface area contributed by atoms with Crippen LogP contribution >= 0.6 is 0 Å². The van der Waals surface area contributed by atoms with Crippen molar-refractivity contribution in [2.75, 3.05) is 26.9 Å². The first-order valence-electron chi connectivity index (χ1n) is 8.05. The molecule has 0 aliphatic carbocycles. The van der Waals surface area contributed by atoms with Crippen molar-refractivity contribution in [1.82, 2.24) is 10.2 Å². The van der Waals surface area contributed by atoms with Gasteiger partial charge in [0.05, 0.1) is 0 Å². The lowest BCUT2D eigenvalue weighted by Crippen LogP contribution is -2.42. The summed E-state index contributed by atoms with van der Waals surface area (Å²) >= 11 is 0. The molecule has 0 atom stereocenters. The van der Waals surface area contributed by atoms with Gasteiger partial charge in [-0.1, -0.05) is 6.07 Å². The topological polar surface area (TPSA) is 67.9 Å². The average Bonchev–Trinajstić information content (AvgIpc) is 3.06. The van der Waals surface area contributed by atoms with Crippen LogP contribution in [0.2, 0.25) is 0 Å². The van der Waals surface area contributed by atoms with Crippen LogP contribution in [0.4, 0.5) is 0 Å². The van der Waals surface area contributed by atoms with E-state index in [0.29, 0.717) is 25.9 Å². The molecule has 0 radical (unpaired) electrons. The Labute approximate surface area is 135 Å². The van der Waals surface area contributed by atoms with E-state index >= 15 is 0 Å². The molecular weight excluding hydrogens is 296 g/mol. The van der Waals surface area contributed by atoms with Gasteiger partial charge in [-0.05, 0) is 37.0 Å². The number of hydrogen-bond acceptors (Lipinski definition) is 4. The van der Waals surface area contributed by atoms with Crippen molar-refractivity contribution in [2.24, 2.45) is 5.92 Å². The SMILES string of the molecule is CNC(=O)C1CCN(C(=O)CCc2ccc3c(c2)OCO3)CC1. The van der Waals surface area contributed by atoms with E-state index in [2.05, 4.69) is 5.32 Å². The van der Waals surface area contributed by atoms with Crippen LogP contribution < -0.4 is 14.8 Å². The Morgan fingerprint density at radius 3 is 2.70 bits per heavy atom. The largest absolute Gasteiger partial charge is 0.454 e. The molecule has 0 bridgehead atoms. The van der Waals surface area contributed by atoms with Crippen molar-refractivity contribution in [2.45, 2.75) is 25.7 Å². The highest BCUT2D eigenvalue weighted by Crippen LogP contribution is 2.32. The van der Waals surface area contributed by atoms with Gasteiger partial charge in [0.25, 0.3) is 0 Å². The monoisotopic (exact) mass is 318 g/mol. The lowest BCUT2D eigenvalue weighted by molar-refractivity contribution is -0.135. The van der Waals surface area contributed by atoms with Gasteiger partial charge in [-0.25, -0.2) is 0 Å². The molecule has 1 aromatic rings. The molecule has 1 fully saturated rings. The average molecular weight is 318 g/mol. The van der Waals surface area contributed by atoms with Crippen LogP contribution in [-0.2, 0) is 16.0 Å². The Bertz CT molecular complexity index is 594. The molecule has 0 unspecified atom stereocenters. The summed E-state index contributed by atoms with van der Waals surface area (Å²) < 4.78 is 10.6. The number of aryl methyl sites for hydroxylation is 1. The number of piperidine rings is 1. The van der Waals surface area contributed by atoms with Crippen LogP contribution in [0.15, 0.2) is 18.2 Å². The third-order valence-electron chi connectivity index (χ3n) is 4.53. The van der Waals surface area contributed by atoms with Gasteiger partial charge in [-0.3, -0.25) is 9.59 Å². The van der Waals surface area contributed by atoms with Gasteiger partial charge in [0.1, 0.15) is 0 Å². The van der Waals surface area contributed by atoms with Gasteiger partial charge >= 0.3 is 0 Å². The number of rotatable bonds is 4. The first-order valence-corrected chi connectivity index (χ1v) is 8.05. The molecule has 2 heterocycles. The lowest BCUT2D eigenvalue weighted by atomic mass is 9.95. The third kappa shape index (κ3) is 3.57. The summed E-state index contributed by atoms with van der Waals surface area (Å²) in [5.41, 5.74) is 1.07. The van der Waals surface area contributed by atoms with Crippen molar-refractivity contribution in [3.63, 3.8) is 0 Å². The Hall–Kier alpha value is -2.24. The molecule has 0 spiro atoms. The first kappa shape index (κ1) is 15.6. The summed E-state index contributed by atoms with van der Waals surface area (Å²) in [5, 5.41) is 2.68. The van der Waals surface area contributed by atoms with Gasteiger partial charge in [0.2, 0.25) is 18.6 Å². The predicted molar refractivity (Wildman–Crippen MR) is 84.3 cm³/mol. The number of ether oxygens (including phenoxy) is 2. The standard InChI is InChI=1S/C17H22N2O4/c1-18-17(21)13-6-8-19(9-7-13)16(20)5-3-12-2-4-14-15(10-12)23-11-22-14/h2,4,10,13H,3,5-9,11H2,1H3,(H,18,21). The minimum absolute atomic E-state index is 0.0397. The Kier molecular flexibility index (Phi) is 4.69. The first-order chi connectivity index (χ1) is 11.2. The zero-order chi connectivity index (χ0) is 16.2. The molecule has 0 saturated carbocycles. The zero-order valence-electron chi connectivity index (χ0n) is 13.3. The fourth-order valence-corrected chi connectivity index (χ4v) is 3.10. The summed E-state index contributed by atoms with van der Waals surface area (Å²) in [4.78, 5) is 25.8. The van der Waals surface area contributed by atoms with Gasteiger partial charge in [0, 0.05) is 32.5 Å². The molecule has 2 aliphatic heterocycles. The fraction of sp³-hybridized carbons (Fsp3) is 0.529. The van der Waals surface area contributed by atoms with Crippen LogP contribution in [-0.4, -0.2) is 43.6 Å². The fourth-order valence-electron chi connectivity index (χ4n) is 3.10. The number of amides is 2. The van der Waals surface area contributed by atoms with Gasteiger partial charge < -0.3 is 19.7 Å². The molecule has 2 aliphatic rings. The number of carbonyl (C=O) groups excluding carboxylic acids is 2. The van der Waals surface area contributed by atoms with E-state index in [1.54, 1.807) is 7.05 Å². The quantitative estimate of drug-likeness (QED) is 0.909. The molecule has 6 heteroatoms. The second kappa shape index (κ2) is 6.89. The number of fused-ring (bicyclic) bond motifs is 1. The molecule has 0 aromatic heterocycles. The summed E-state index contributed by atoms with van der Waals surface area (Å²) in [6.07, 6.45) is 2.65. The van der Waals surface area contributed by atoms with Gasteiger partial charge in [-0.2, -0.15) is 0 Å². The Balaban J connectivity index is 1.48. The second-order valence-electron chi connectivity index (χ2n) is 5.96. The van der Waals surface area contributed by atoms with Gasteiger partial charge in [-0.15, -0.1) is 0 Å². The molecule has 2 amide bonds. The number of likely N-dealkylation sites (tertiary alicyclic amines) is 1. The van der Waals surface area contributed by atoms with Gasteiger partial charge in [0.15, 0.2) is 11.5 Å². The van der Waals surface area contributed by atoms with Crippen LogP contribution in [0.3, 0.4) is 0 Å². The number of carbonyl (C=O) groups is 2. The van der Waals surface area contributed by atoms with Crippen LogP contribution in [0.5, 0.6) is 11.5 Å². The minimum atomic E-state index is 0.0397. The number of hydrogen-bond donors (Lipinski definition) is 1. The smallest absolute Gasteiger partial charge is 0.231 e. The molecule has 1 saturated heterocycles. The van der Waals surface area contributed by atoms with Crippen molar-refractivity contribution in [1.29, 1.82) is 0 Å². The highest BCUT2D eigenvalue weighted by molar-refractivity contribution is 5.80. The lowest BCUT2D eigenvalue weighted by Gasteiger charge is -2.31. The summed E-state index contributed by atoms with van der Waals surface area (Å²) in [5.74, 6) is 1.78. The van der Waals surface area contributed by atoms with E-state index in [4.69, 9.17) is 9.47 Å². The van der Waals surface area contributed by atoms with E-state index in [9.17, 15) is 9.59 Å². The van der Waals surface area contributed by atoms with Crippen molar-refractivity contribution < 1.29 is 19.1 Å². The highest BCUT2D eigenvalue weighted by atomic mass is 16.7. The van der Waals surface area contributed by atoms with E-state index in [0.717, 1.165) is 29.9 Å². The summed E-state index contributed by atoms with van der Waals surface area (Å²) in [7, 11) is 1.66. The van der Waals surface area contributed by atoms with Crippen LogP contribution in [0.1, 0.15) is 24.8 Å². The predicted octanol–water partition coefficient (Wildman–Crippen LogP) is 1.33. The van der Waals surface area contributed by atoms with E-state index in [1.165, 1.54) is 0 Å². The van der Waals surface area contributed by atoms with Crippen molar-refractivity contribution in [3.05, 3.63) is 23.8 Å². The maximum absolute atomic E-state index is 12.3. The molecule has 3 rings (SSSR count). The molecular formula is C17H22N2O4. The molecule has 23 heavy (non-hydrogen) atoms. The van der Waals surface area contributed by atoms with Crippen molar-refractivity contribution in [3.8, 4) is 11.5 Å². The molecule has 124 valence electrons. The molecule has 1 aromatic carbocycles. The minimum Gasteiger partial charge on any atom is -0.454 e. The number of nitrogens with zero attached hydrogens (tertiary/aromatic N) is 1. The maximum atomic E-state index is 12.3. The van der Waals surface area contributed by atoms with E-state index < -0.39 is 0 Å². The molecule has 1 N–H and O–H groups in total. The molecule has 6 nitrogen and oxygen atoms in total. The number of benzene rings is 1. The Morgan fingerprint density at radius 1 is 1.22 bits per heavy atom. The normalized spacial score (nSPS) is 17.2. The Morgan fingerprint density at radius 2 is 1.96 bits per heavy atom. The van der Waals surface area contributed by atoms with Crippen molar-refractivity contribution >= 4 is 11.8 Å². The van der Waals surface area contributed by atoms with Crippen LogP contribution in [0, 0.1) is 5.92 Å². The zero-order valence-corrected chi connectivity index (χ0v) is 13.3. The maximum Gasteiger partial charge on any atom is 0.231 e. The second-order valence-corrected chi connectivity index (χ2v) is 5.96. The summed E-state index contributed by atoms with van der Waals surface area (Å²) in [6.45, 7) is 1.59. The third-order valence-corrected chi connectivity index (χ3v) is 4.53. The summed E-state index contributed by atoms with van der Waals surface area (Å²) in [6, 6.07) is 5.79. The highest BCUT2D eigenvalue weighted by Gasteiger charge is 2.26.